The van der Waals surface area contributed by atoms with Crippen molar-refractivity contribution in [2.45, 2.75) is 57.1 Å². The first-order chi connectivity index (χ1) is 7.70. The molecule has 6 atom stereocenters. The third-order valence-electron chi connectivity index (χ3n) is 4.39. The molecule has 3 fully saturated rings. The standard InChI is InChI=1S/C12H19NO3/c1-2-8-11(15)7-4-3-6-5-9(14)13-10(6)12(7)16-8/h6-10,12-14H,2-5H2,1H3. The highest BCUT2D eigenvalue weighted by Crippen LogP contribution is 2.42. The molecule has 2 heterocycles. The molecule has 6 unspecified atom stereocenters. The summed E-state index contributed by atoms with van der Waals surface area (Å²) >= 11 is 0. The average molecular weight is 225 g/mol. The number of aliphatic hydroxyl groups is 1. The Morgan fingerprint density at radius 2 is 2.31 bits per heavy atom. The summed E-state index contributed by atoms with van der Waals surface area (Å²) < 4.78 is 5.87. The molecular weight excluding hydrogens is 206 g/mol. The summed E-state index contributed by atoms with van der Waals surface area (Å²) in [5.41, 5.74) is 0. The second-order valence-corrected chi connectivity index (χ2v) is 5.29. The third-order valence-corrected chi connectivity index (χ3v) is 4.39. The maximum Gasteiger partial charge on any atom is 0.167 e. The lowest BCUT2D eigenvalue weighted by Gasteiger charge is -2.33. The van der Waals surface area contributed by atoms with E-state index >= 15 is 0 Å². The Balaban J connectivity index is 1.81. The van der Waals surface area contributed by atoms with Gasteiger partial charge in [0.25, 0.3) is 0 Å². The van der Waals surface area contributed by atoms with E-state index in [1.54, 1.807) is 0 Å². The monoisotopic (exact) mass is 225 g/mol. The third kappa shape index (κ3) is 1.44. The minimum Gasteiger partial charge on any atom is -0.379 e. The van der Waals surface area contributed by atoms with E-state index in [9.17, 15) is 9.90 Å². The summed E-state index contributed by atoms with van der Waals surface area (Å²) in [5.74, 6) is 0.845. The van der Waals surface area contributed by atoms with Crippen LogP contribution < -0.4 is 5.32 Å². The van der Waals surface area contributed by atoms with Crippen LogP contribution >= 0.6 is 0 Å². The summed E-state index contributed by atoms with van der Waals surface area (Å²) in [7, 11) is 0. The van der Waals surface area contributed by atoms with E-state index < -0.39 is 6.23 Å². The maximum absolute atomic E-state index is 12.0. The minimum absolute atomic E-state index is 0.00773. The van der Waals surface area contributed by atoms with Crippen LogP contribution in [-0.2, 0) is 9.53 Å². The van der Waals surface area contributed by atoms with Gasteiger partial charge in [0.2, 0.25) is 0 Å². The van der Waals surface area contributed by atoms with Crippen LogP contribution in [0, 0.1) is 11.8 Å². The number of hydrogen-bond donors (Lipinski definition) is 2. The number of nitrogens with one attached hydrogen (secondary N) is 1. The molecule has 3 aliphatic rings. The average Bonchev–Trinajstić information content (AvgIpc) is 2.78. The largest absolute Gasteiger partial charge is 0.379 e. The highest BCUT2D eigenvalue weighted by molar-refractivity contribution is 5.88. The number of Topliss-reactive ketones (excluding diaryl/α,β-unsaturated/α-hetero) is 1. The van der Waals surface area contributed by atoms with Crippen LogP contribution in [-0.4, -0.2) is 35.4 Å². The predicted molar refractivity (Wildman–Crippen MR) is 57.7 cm³/mol. The SMILES string of the molecule is CCC1OC2C(CCC3CC(O)NC32)C1=O. The van der Waals surface area contributed by atoms with Gasteiger partial charge in [-0.25, -0.2) is 0 Å². The van der Waals surface area contributed by atoms with E-state index in [-0.39, 0.29) is 30.0 Å². The molecule has 4 heteroatoms. The fourth-order valence-electron chi connectivity index (χ4n) is 3.60. The van der Waals surface area contributed by atoms with E-state index in [1.807, 2.05) is 6.92 Å². The van der Waals surface area contributed by atoms with Crippen LogP contribution in [0.4, 0.5) is 0 Å². The normalized spacial score (nSPS) is 51.5. The lowest BCUT2D eigenvalue weighted by atomic mass is 9.76. The zero-order chi connectivity index (χ0) is 11.3. The van der Waals surface area contributed by atoms with Crippen LogP contribution in [0.2, 0.25) is 0 Å². The van der Waals surface area contributed by atoms with Crippen molar-refractivity contribution >= 4 is 5.78 Å². The second kappa shape index (κ2) is 3.79. The van der Waals surface area contributed by atoms with Gasteiger partial charge in [-0.3, -0.25) is 10.1 Å². The summed E-state index contributed by atoms with van der Waals surface area (Å²) in [6.45, 7) is 1.99. The molecule has 0 aromatic heterocycles. The molecule has 1 saturated carbocycles. The van der Waals surface area contributed by atoms with Crippen molar-refractivity contribution < 1.29 is 14.6 Å². The van der Waals surface area contributed by atoms with Gasteiger partial charge < -0.3 is 9.84 Å². The molecule has 0 radical (unpaired) electrons. The van der Waals surface area contributed by atoms with E-state index in [0.29, 0.717) is 5.92 Å². The minimum atomic E-state index is -0.409. The van der Waals surface area contributed by atoms with Crippen LogP contribution in [0.25, 0.3) is 0 Å². The van der Waals surface area contributed by atoms with Crippen LogP contribution in [0.15, 0.2) is 0 Å². The number of ketones is 1. The Morgan fingerprint density at radius 1 is 1.50 bits per heavy atom. The van der Waals surface area contributed by atoms with Gasteiger partial charge in [0.1, 0.15) is 12.3 Å². The van der Waals surface area contributed by atoms with Gasteiger partial charge in [-0.15, -0.1) is 0 Å². The lowest BCUT2D eigenvalue weighted by molar-refractivity contribution is -0.124. The first kappa shape index (κ1) is 10.7. The summed E-state index contributed by atoms with van der Waals surface area (Å²) in [5, 5.41) is 12.8. The van der Waals surface area contributed by atoms with Crippen LogP contribution in [0.3, 0.4) is 0 Å². The molecular formula is C12H19NO3. The molecule has 2 aliphatic heterocycles. The van der Waals surface area contributed by atoms with Crippen molar-refractivity contribution in [1.82, 2.24) is 5.32 Å². The van der Waals surface area contributed by atoms with Gasteiger partial charge in [-0.2, -0.15) is 0 Å². The van der Waals surface area contributed by atoms with Crippen LogP contribution in [0.5, 0.6) is 0 Å². The quantitative estimate of drug-likeness (QED) is 0.680. The van der Waals surface area contributed by atoms with Crippen LogP contribution in [0.1, 0.15) is 32.6 Å². The van der Waals surface area contributed by atoms with E-state index in [0.717, 1.165) is 25.7 Å². The number of carbonyl (C=O) groups excluding carboxylic acids is 1. The van der Waals surface area contributed by atoms with Crippen molar-refractivity contribution in [3.63, 3.8) is 0 Å². The Labute approximate surface area is 95.4 Å². The Hall–Kier alpha value is -0.450. The predicted octanol–water partition coefficient (Wildman–Crippen LogP) is 0.439. The molecule has 16 heavy (non-hydrogen) atoms. The topological polar surface area (TPSA) is 58.6 Å². The first-order valence-electron chi connectivity index (χ1n) is 6.34. The van der Waals surface area contributed by atoms with Gasteiger partial charge >= 0.3 is 0 Å². The molecule has 4 nitrogen and oxygen atoms in total. The van der Waals surface area contributed by atoms with Gasteiger partial charge in [-0.05, 0) is 31.6 Å². The Kier molecular flexibility index (Phi) is 2.53. The summed E-state index contributed by atoms with van der Waals surface area (Å²) in [6, 6.07) is 0.189. The molecule has 2 saturated heterocycles. The number of hydrogen-bond acceptors (Lipinski definition) is 4. The number of rotatable bonds is 1. The molecule has 0 amide bonds. The molecule has 3 rings (SSSR count). The highest BCUT2D eigenvalue weighted by Gasteiger charge is 2.53. The molecule has 1 aliphatic carbocycles. The summed E-state index contributed by atoms with van der Waals surface area (Å²) in [6.07, 6.45) is 2.96. The molecule has 90 valence electrons. The smallest absolute Gasteiger partial charge is 0.167 e. The number of aliphatic hydroxyl groups excluding tert-OH is 1. The number of fused-ring (bicyclic) bond motifs is 3. The number of carbonyl (C=O) groups is 1. The Morgan fingerprint density at radius 3 is 3.06 bits per heavy atom. The fraction of sp³-hybridized carbons (Fsp3) is 0.917. The van der Waals surface area contributed by atoms with Crippen molar-refractivity contribution in [2.24, 2.45) is 11.8 Å². The zero-order valence-corrected chi connectivity index (χ0v) is 9.56. The lowest BCUT2D eigenvalue weighted by Crippen LogP contribution is -2.47. The van der Waals surface area contributed by atoms with E-state index in [2.05, 4.69) is 5.32 Å². The summed E-state index contributed by atoms with van der Waals surface area (Å²) in [4.78, 5) is 12.0. The van der Waals surface area contributed by atoms with Crippen molar-refractivity contribution in [3.8, 4) is 0 Å². The highest BCUT2D eigenvalue weighted by atomic mass is 16.5. The van der Waals surface area contributed by atoms with Gasteiger partial charge in [0.05, 0.1) is 6.10 Å². The van der Waals surface area contributed by atoms with Crippen molar-refractivity contribution in [1.29, 1.82) is 0 Å². The van der Waals surface area contributed by atoms with Gasteiger partial charge in [0.15, 0.2) is 5.78 Å². The van der Waals surface area contributed by atoms with Crippen molar-refractivity contribution in [2.75, 3.05) is 0 Å². The molecule has 0 bridgehead atoms. The maximum atomic E-state index is 12.0. The molecule has 0 spiro atoms. The van der Waals surface area contributed by atoms with Gasteiger partial charge in [-0.1, -0.05) is 6.92 Å². The molecule has 0 aromatic carbocycles. The fourth-order valence-corrected chi connectivity index (χ4v) is 3.60. The van der Waals surface area contributed by atoms with Gasteiger partial charge in [0, 0.05) is 12.0 Å². The van der Waals surface area contributed by atoms with E-state index in [1.165, 1.54) is 0 Å². The first-order valence-corrected chi connectivity index (χ1v) is 6.34. The second-order valence-electron chi connectivity index (χ2n) is 5.29. The molecule has 2 N–H and O–H groups in total. The number of ether oxygens (including phenoxy) is 1. The zero-order valence-electron chi connectivity index (χ0n) is 9.56. The van der Waals surface area contributed by atoms with Crippen molar-refractivity contribution in [3.05, 3.63) is 0 Å². The molecule has 0 aromatic rings. The van der Waals surface area contributed by atoms with E-state index in [4.69, 9.17) is 4.74 Å². The Bertz CT molecular complexity index is 307.